The molecule has 30 rings (SSSR count). The summed E-state index contributed by atoms with van der Waals surface area (Å²) in [7, 11) is 0. The van der Waals surface area contributed by atoms with Crippen LogP contribution in [-0.4, -0.2) is 0 Å². The van der Waals surface area contributed by atoms with Gasteiger partial charge in [-0.05, 0) is 526 Å². The lowest BCUT2D eigenvalue weighted by atomic mass is 9.55. The number of fused-ring (bicyclic) bond motifs is 65. The van der Waals surface area contributed by atoms with Crippen LogP contribution in [0.15, 0.2) is 0 Å². The highest BCUT2D eigenvalue weighted by molar-refractivity contribution is 5.21. The van der Waals surface area contributed by atoms with E-state index in [0.29, 0.717) is 0 Å². The van der Waals surface area contributed by atoms with Gasteiger partial charge in [-0.25, -0.2) is 0 Å². The average molecular weight is 1390 g/mol. The maximum absolute atomic E-state index is 2.57. The van der Waals surface area contributed by atoms with E-state index in [1.165, 1.54) is 237 Å². The Morgan fingerprint density at radius 2 is 0.373 bits per heavy atom. The Kier molecular flexibility index (Phi) is 16.8. The van der Waals surface area contributed by atoms with Crippen molar-refractivity contribution in [1.29, 1.82) is 0 Å². The summed E-state index contributed by atoms with van der Waals surface area (Å²) < 4.78 is 0. The summed E-state index contributed by atoms with van der Waals surface area (Å²) in [5.74, 6) is 62.6. The van der Waals surface area contributed by atoms with Crippen LogP contribution in [0.5, 0.6) is 0 Å². The lowest BCUT2D eigenvalue weighted by Gasteiger charge is -2.50. The lowest BCUT2D eigenvalue weighted by molar-refractivity contribution is -0.0142. The topological polar surface area (TPSA) is 0 Å². The Labute approximate surface area is 628 Å². The minimum Gasteiger partial charge on any atom is -0.0776 e. The summed E-state index contributed by atoms with van der Waals surface area (Å²) in [6.45, 7) is 17.7. The van der Waals surface area contributed by atoms with Crippen LogP contribution in [0.2, 0.25) is 0 Å². The zero-order chi connectivity index (χ0) is 66.6. The molecular weight excluding hydrogens is 1230 g/mol. The maximum Gasteiger partial charge on any atom is -0.0318 e. The molecule has 53 atom stereocenters. The molecule has 0 N–H and O–H groups in total. The van der Waals surface area contributed by atoms with Gasteiger partial charge < -0.3 is 0 Å². The monoisotopic (exact) mass is 1390 g/mol. The molecule has 568 valence electrons. The third-order valence-electron chi connectivity index (χ3n) is 47.0. The van der Waals surface area contributed by atoms with Crippen molar-refractivity contribution in [1.82, 2.24) is 0 Å². The van der Waals surface area contributed by atoms with Gasteiger partial charge in [0.2, 0.25) is 0 Å². The molecule has 102 heavy (non-hydrogen) atoms. The van der Waals surface area contributed by atoms with E-state index in [1.54, 1.807) is 257 Å². The van der Waals surface area contributed by atoms with E-state index in [1.807, 2.05) is 0 Å². The van der Waals surface area contributed by atoms with E-state index < -0.39 is 0 Å². The molecule has 0 aromatic heterocycles. The second-order valence-corrected chi connectivity index (χ2v) is 48.9. The average Bonchev–Trinajstić information content (AvgIpc) is 1.53. The molecular formula is C102H160. The van der Waals surface area contributed by atoms with Gasteiger partial charge in [-0.15, -0.1) is 0 Å². The summed E-state index contributed by atoms with van der Waals surface area (Å²) in [4.78, 5) is 0. The molecule has 0 aliphatic heterocycles. The predicted octanol–water partition coefficient (Wildman–Crippen LogP) is 26.7. The Balaban J connectivity index is 0.0000000736. The van der Waals surface area contributed by atoms with Crippen molar-refractivity contribution >= 4 is 0 Å². The standard InChI is InChI=1S/C18H26.C16H24.C16H26.C15H22.C13H20.C12H20.C11H18.CH4/c1-8-4-11-6-12(8)18-14-7-13(17(11)18)15-9-2-3-10(5-9)16(14)15;1-8-5-9-6-12(8)16-14-7-13(15(9)16)10-3-2-4-11(10)14;1-10-6-13-9-14(10)16-8-12-5-3-2-4-11(12)7-15(13)16;1-7-4-8-5-11(7)15-13-6-12(14(8)15)9-2-3-10(9)13;1-7-4-10-6-11(7)13-9-3-2-8(5-9)12(10)13;1-8-6-9-7-12(8)11-5-3-2-4-10(9)11;1-7-5-8-6-11(7)10-4-2-3-9(8)10;/h8-18H,2-7H2,1H3;8-16H,2-7H2,1H3;10-16H,2-9H2,1H3;7-15H,2-6H2,1H3;7-13H,2-6H2,1H3;8-12H,2-7H2,1H3;7-11H,2-6H2,1H3;1H4. The van der Waals surface area contributed by atoms with Crippen LogP contribution in [0.1, 0.15) is 319 Å². The minimum atomic E-state index is 0. The smallest absolute Gasteiger partial charge is 0.0318 e. The van der Waals surface area contributed by atoms with Crippen molar-refractivity contribution in [2.75, 3.05) is 0 Å². The summed E-state index contributed by atoms with van der Waals surface area (Å²) in [5, 5.41) is 0. The van der Waals surface area contributed by atoms with Crippen LogP contribution in [-0.2, 0) is 0 Å². The van der Waals surface area contributed by atoms with Crippen molar-refractivity contribution in [3.8, 4) is 0 Å². The van der Waals surface area contributed by atoms with Crippen molar-refractivity contribution in [3.05, 3.63) is 0 Å². The van der Waals surface area contributed by atoms with E-state index in [2.05, 4.69) is 48.5 Å². The quantitative estimate of drug-likeness (QED) is 0.212. The first-order valence-corrected chi connectivity index (χ1v) is 49.4. The zero-order valence-corrected chi connectivity index (χ0v) is 66.6. The normalized spacial score (nSPS) is 66.0. The number of rotatable bonds is 0. The molecule has 0 spiro atoms. The molecule has 0 radical (unpaired) electrons. The fourth-order valence-electron chi connectivity index (χ4n) is 45.1. The van der Waals surface area contributed by atoms with Crippen LogP contribution in [0.25, 0.3) is 0 Å². The highest BCUT2D eigenvalue weighted by atomic mass is 14.8. The Hall–Kier alpha value is 0. The first kappa shape index (κ1) is 67.7. The molecule has 24 bridgehead atoms. The van der Waals surface area contributed by atoms with Gasteiger partial charge in [-0.2, -0.15) is 0 Å². The molecule has 0 aromatic carbocycles. The van der Waals surface area contributed by atoms with Crippen molar-refractivity contribution in [2.24, 2.45) is 314 Å². The van der Waals surface area contributed by atoms with Crippen molar-refractivity contribution in [3.63, 3.8) is 0 Å². The zero-order valence-electron chi connectivity index (χ0n) is 66.6. The van der Waals surface area contributed by atoms with Gasteiger partial charge in [0, 0.05) is 0 Å². The van der Waals surface area contributed by atoms with E-state index >= 15 is 0 Å². The van der Waals surface area contributed by atoms with Crippen LogP contribution in [0.4, 0.5) is 0 Å². The highest BCUT2D eigenvalue weighted by Gasteiger charge is 2.73. The van der Waals surface area contributed by atoms with Gasteiger partial charge in [0.15, 0.2) is 0 Å². The maximum atomic E-state index is 2.57. The van der Waals surface area contributed by atoms with E-state index in [9.17, 15) is 0 Å². The van der Waals surface area contributed by atoms with Crippen LogP contribution >= 0.6 is 0 Å². The molecule has 0 amide bonds. The van der Waals surface area contributed by atoms with E-state index in [4.69, 9.17) is 0 Å². The molecule has 30 aliphatic rings. The molecule has 30 saturated carbocycles. The Bertz CT molecular complexity index is 3060. The molecule has 53 unspecified atom stereocenters. The molecule has 30 aliphatic carbocycles. The largest absolute Gasteiger partial charge is 0.0776 e. The summed E-state index contributed by atoms with van der Waals surface area (Å²) in [6.07, 6.45) is 65.8. The van der Waals surface area contributed by atoms with Gasteiger partial charge in [-0.1, -0.05) is 107 Å². The number of hydrogen-bond acceptors (Lipinski definition) is 0. The third kappa shape index (κ3) is 9.75. The minimum absolute atomic E-state index is 0. The highest BCUT2D eigenvalue weighted by Crippen LogP contribution is 2.80. The summed E-state index contributed by atoms with van der Waals surface area (Å²) in [6, 6.07) is 0. The molecule has 0 aromatic rings. The summed E-state index contributed by atoms with van der Waals surface area (Å²) in [5.41, 5.74) is 0. The molecule has 0 heteroatoms. The Morgan fingerprint density at radius 1 is 0.118 bits per heavy atom. The fourth-order valence-corrected chi connectivity index (χ4v) is 45.1. The van der Waals surface area contributed by atoms with Crippen LogP contribution in [0, 0.1) is 314 Å². The van der Waals surface area contributed by atoms with Crippen molar-refractivity contribution < 1.29 is 0 Å². The van der Waals surface area contributed by atoms with Gasteiger partial charge in [0.1, 0.15) is 0 Å². The lowest BCUT2D eigenvalue weighted by Crippen LogP contribution is -2.44. The van der Waals surface area contributed by atoms with Gasteiger partial charge in [-0.3, -0.25) is 0 Å². The second kappa shape index (κ2) is 25.2. The first-order chi connectivity index (χ1) is 49.4. The van der Waals surface area contributed by atoms with Gasteiger partial charge in [0.05, 0.1) is 0 Å². The molecule has 0 heterocycles. The fraction of sp³-hybridized carbons (Fsp3) is 1.00. The first-order valence-electron chi connectivity index (χ1n) is 49.4. The summed E-state index contributed by atoms with van der Waals surface area (Å²) >= 11 is 0. The molecule has 0 saturated heterocycles. The van der Waals surface area contributed by atoms with E-state index in [-0.39, 0.29) is 7.43 Å². The number of hydrogen-bond donors (Lipinski definition) is 0. The Morgan fingerprint density at radius 3 is 0.843 bits per heavy atom. The van der Waals surface area contributed by atoms with Crippen LogP contribution < -0.4 is 0 Å². The van der Waals surface area contributed by atoms with E-state index in [0.717, 1.165) is 82.9 Å². The van der Waals surface area contributed by atoms with Gasteiger partial charge >= 0.3 is 0 Å². The van der Waals surface area contributed by atoms with Crippen molar-refractivity contribution in [2.45, 2.75) is 319 Å². The predicted molar refractivity (Wildman–Crippen MR) is 421 cm³/mol. The molecule has 30 fully saturated rings. The third-order valence-corrected chi connectivity index (χ3v) is 47.0. The van der Waals surface area contributed by atoms with Gasteiger partial charge in [0.25, 0.3) is 0 Å². The van der Waals surface area contributed by atoms with Crippen LogP contribution in [0.3, 0.4) is 0 Å². The molecule has 0 nitrogen and oxygen atoms in total. The second-order valence-electron chi connectivity index (χ2n) is 48.9. The SMILES string of the molecule is C.CC1CC2CC1C1C3CC(C4C5CCC(C5)C34)C21.CC1CC2CC1C1C3CC(C4CCC43)C21.CC1CC2CC1C1C3CC(C4CCCC43)C21.CC1CC2CC1C1C3CCC(C3)C21.CC1CC2CC1C1CC3CCCCC3CC21.CC1CC2CC1C1CCCC21.CC1CC2CC1C1CCCCC21.